The number of benzene rings is 3. The van der Waals surface area contributed by atoms with Crippen LogP contribution in [0.25, 0.3) is 32.9 Å². The quantitative estimate of drug-likeness (QED) is 0.468. The third-order valence-corrected chi connectivity index (χ3v) is 4.34. The third-order valence-electron chi connectivity index (χ3n) is 4.34. The standard InChI is InChI=1S/C21H16O3/c1-13-3-5-14(6-4-13)18-12-24-19-10-8-15-11-16(21(22)23-2)7-9-17(15)20(18)19/h3-12H,1-2H3. The van der Waals surface area contributed by atoms with Gasteiger partial charge in [-0.15, -0.1) is 0 Å². The number of furan rings is 1. The van der Waals surface area contributed by atoms with E-state index in [0.717, 1.165) is 32.9 Å². The molecule has 0 N–H and O–H groups in total. The maximum Gasteiger partial charge on any atom is 0.337 e. The maximum absolute atomic E-state index is 11.8. The summed E-state index contributed by atoms with van der Waals surface area (Å²) in [6.45, 7) is 2.07. The van der Waals surface area contributed by atoms with Crippen molar-refractivity contribution in [1.82, 2.24) is 0 Å². The van der Waals surface area contributed by atoms with Gasteiger partial charge in [0.25, 0.3) is 0 Å². The number of aryl methyl sites for hydroxylation is 1. The molecule has 0 aliphatic rings. The van der Waals surface area contributed by atoms with Gasteiger partial charge in [0.05, 0.1) is 18.9 Å². The fraction of sp³-hybridized carbons (Fsp3) is 0.0952. The van der Waals surface area contributed by atoms with Crippen LogP contribution in [-0.4, -0.2) is 13.1 Å². The molecular weight excluding hydrogens is 300 g/mol. The highest BCUT2D eigenvalue weighted by Crippen LogP contribution is 2.36. The number of carbonyl (C=O) groups excluding carboxylic acids is 1. The zero-order chi connectivity index (χ0) is 16.7. The largest absolute Gasteiger partial charge is 0.465 e. The fourth-order valence-corrected chi connectivity index (χ4v) is 3.06. The van der Waals surface area contributed by atoms with Gasteiger partial charge in [-0.25, -0.2) is 4.79 Å². The van der Waals surface area contributed by atoms with Gasteiger partial charge >= 0.3 is 5.97 Å². The van der Waals surface area contributed by atoms with Gasteiger partial charge in [-0.3, -0.25) is 0 Å². The summed E-state index contributed by atoms with van der Waals surface area (Å²) in [5.41, 5.74) is 4.78. The zero-order valence-electron chi connectivity index (χ0n) is 13.5. The number of ether oxygens (including phenoxy) is 1. The maximum atomic E-state index is 11.8. The molecule has 3 heteroatoms. The molecular formula is C21H16O3. The lowest BCUT2D eigenvalue weighted by atomic mass is 9.98. The molecule has 0 bridgehead atoms. The SMILES string of the molecule is COC(=O)c1ccc2c(ccc3occ(-c4ccc(C)cc4)c32)c1. The molecule has 0 atom stereocenters. The molecule has 4 aromatic rings. The van der Waals surface area contributed by atoms with E-state index in [2.05, 4.69) is 31.2 Å². The summed E-state index contributed by atoms with van der Waals surface area (Å²) >= 11 is 0. The van der Waals surface area contributed by atoms with Gasteiger partial charge in [0.1, 0.15) is 5.58 Å². The van der Waals surface area contributed by atoms with Gasteiger partial charge in [0, 0.05) is 10.9 Å². The zero-order valence-corrected chi connectivity index (χ0v) is 13.5. The first-order valence-electron chi connectivity index (χ1n) is 7.77. The van der Waals surface area contributed by atoms with E-state index < -0.39 is 0 Å². The molecule has 1 heterocycles. The van der Waals surface area contributed by atoms with E-state index >= 15 is 0 Å². The number of methoxy groups -OCH3 is 1. The van der Waals surface area contributed by atoms with Crippen molar-refractivity contribution >= 4 is 27.7 Å². The average Bonchev–Trinajstić information content (AvgIpc) is 3.05. The summed E-state index contributed by atoms with van der Waals surface area (Å²) in [6.07, 6.45) is 1.79. The Hall–Kier alpha value is -3.07. The van der Waals surface area contributed by atoms with Crippen molar-refractivity contribution in [2.24, 2.45) is 0 Å². The van der Waals surface area contributed by atoms with Crippen LogP contribution in [0, 0.1) is 6.92 Å². The van der Waals surface area contributed by atoms with Crippen molar-refractivity contribution in [1.29, 1.82) is 0 Å². The van der Waals surface area contributed by atoms with E-state index in [4.69, 9.17) is 9.15 Å². The minimum absolute atomic E-state index is 0.331. The van der Waals surface area contributed by atoms with E-state index in [1.54, 1.807) is 12.3 Å². The minimum Gasteiger partial charge on any atom is -0.465 e. The molecule has 0 aliphatic heterocycles. The Morgan fingerprint density at radius 1 is 1.00 bits per heavy atom. The van der Waals surface area contributed by atoms with Crippen molar-refractivity contribution in [3.63, 3.8) is 0 Å². The van der Waals surface area contributed by atoms with E-state index in [1.807, 2.05) is 24.3 Å². The van der Waals surface area contributed by atoms with Crippen LogP contribution in [0.15, 0.2) is 65.3 Å². The molecule has 0 radical (unpaired) electrons. The smallest absolute Gasteiger partial charge is 0.337 e. The molecule has 3 aromatic carbocycles. The highest BCUT2D eigenvalue weighted by Gasteiger charge is 2.13. The number of esters is 1. The summed E-state index contributed by atoms with van der Waals surface area (Å²) in [4.78, 5) is 11.8. The highest BCUT2D eigenvalue weighted by atomic mass is 16.5. The van der Waals surface area contributed by atoms with E-state index in [0.29, 0.717) is 5.56 Å². The van der Waals surface area contributed by atoms with Crippen LogP contribution in [0.1, 0.15) is 15.9 Å². The van der Waals surface area contributed by atoms with Crippen molar-refractivity contribution in [2.75, 3.05) is 7.11 Å². The predicted molar refractivity (Wildman–Crippen MR) is 95.2 cm³/mol. The Morgan fingerprint density at radius 3 is 2.54 bits per heavy atom. The lowest BCUT2D eigenvalue weighted by molar-refractivity contribution is 0.0601. The van der Waals surface area contributed by atoms with Gasteiger partial charge in [-0.05, 0) is 41.5 Å². The number of rotatable bonds is 2. The Bertz CT molecular complexity index is 1060. The number of hydrogen-bond donors (Lipinski definition) is 0. The topological polar surface area (TPSA) is 39.4 Å². The van der Waals surface area contributed by atoms with E-state index in [-0.39, 0.29) is 5.97 Å². The molecule has 0 amide bonds. The second-order valence-corrected chi connectivity index (χ2v) is 5.88. The first-order valence-corrected chi connectivity index (χ1v) is 7.77. The Balaban J connectivity index is 1.98. The summed E-state index contributed by atoms with van der Waals surface area (Å²) in [6, 6.07) is 17.9. The Morgan fingerprint density at radius 2 is 1.79 bits per heavy atom. The summed E-state index contributed by atoms with van der Waals surface area (Å²) in [5, 5.41) is 3.11. The molecule has 0 fully saturated rings. The monoisotopic (exact) mass is 316 g/mol. The third kappa shape index (κ3) is 2.26. The van der Waals surface area contributed by atoms with Crippen LogP contribution in [0.2, 0.25) is 0 Å². The molecule has 3 nitrogen and oxygen atoms in total. The highest BCUT2D eigenvalue weighted by molar-refractivity contribution is 6.13. The molecule has 0 aliphatic carbocycles. The molecule has 4 rings (SSSR count). The first-order chi connectivity index (χ1) is 11.7. The number of hydrogen-bond acceptors (Lipinski definition) is 3. The molecule has 0 spiro atoms. The fourth-order valence-electron chi connectivity index (χ4n) is 3.06. The molecule has 1 aromatic heterocycles. The van der Waals surface area contributed by atoms with Crippen LogP contribution in [0.4, 0.5) is 0 Å². The molecule has 0 unspecified atom stereocenters. The normalized spacial score (nSPS) is 11.1. The minimum atomic E-state index is -0.331. The summed E-state index contributed by atoms with van der Waals surface area (Å²) < 4.78 is 10.6. The number of fused-ring (bicyclic) bond motifs is 3. The van der Waals surface area contributed by atoms with Gasteiger partial charge in [0.15, 0.2) is 0 Å². The van der Waals surface area contributed by atoms with Crippen LogP contribution >= 0.6 is 0 Å². The molecule has 0 saturated carbocycles. The van der Waals surface area contributed by atoms with Gasteiger partial charge < -0.3 is 9.15 Å². The van der Waals surface area contributed by atoms with E-state index in [9.17, 15) is 4.79 Å². The van der Waals surface area contributed by atoms with Crippen molar-refractivity contribution in [3.8, 4) is 11.1 Å². The summed E-state index contributed by atoms with van der Waals surface area (Å²) in [5.74, 6) is -0.331. The van der Waals surface area contributed by atoms with Crippen LogP contribution < -0.4 is 0 Å². The van der Waals surface area contributed by atoms with Crippen LogP contribution in [-0.2, 0) is 4.74 Å². The van der Waals surface area contributed by atoms with Gasteiger partial charge in [-0.1, -0.05) is 42.0 Å². The molecule has 118 valence electrons. The van der Waals surface area contributed by atoms with Gasteiger partial charge in [-0.2, -0.15) is 0 Å². The van der Waals surface area contributed by atoms with Crippen LogP contribution in [0.5, 0.6) is 0 Å². The van der Waals surface area contributed by atoms with E-state index in [1.165, 1.54) is 12.7 Å². The first kappa shape index (κ1) is 14.5. The number of carbonyl (C=O) groups is 1. The second-order valence-electron chi connectivity index (χ2n) is 5.88. The lowest BCUT2D eigenvalue weighted by Crippen LogP contribution is -2.00. The molecule has 0 saturated heterocycles. The van der Waals surface area contributed by atoms with Crippen molar-refractivity contribution in [2.45, 2.75) is 6.92 Å². The van der Waals surface area contributed by atoms with Crippen molar-refractivity contribution in [3.05, 3.63) is 72.0 Å². The van der Waals surface area contributed by atoms with Crippen LogP contribution in [0.3, 0.4) is 0 Å². The Labute approximate surface area is 139 Å². The molecule has 24 heavy (non-hydrogen) atoms. The second kappa shape index (κ2) is 5.53. The van der Waals surface area contributed by atoms with Crippen molar-refractivity contribution < 1.29 is 13.9 Å². The average molecular weight is 316 g/mol. The van der Waals surface area contributed by atoms with Gasteiger partial charge in [0.2, 0.25) is 0 Å². The Kier molecular flexibility index (Phi) is 3.35. The predicted octanol–water partition coefficient (Wildman–Crippen LogP) is 5.35. The summed E-state index contributed by atoms with van der Waals surface area (Å²) in [7, 11) is 1.39. The lowest BCUT2D eigenvalue weighted by Gasteiger charge is -2.05.